The van der Waals surface area contributed by atoms with Crippen molar-refractivity contribution >= 4 is 29.8 Å². The van der Waals surface area contributed by atoms with E-state index in [1.165, 1.54) is 4.90 Å². The zero-order valence-electron chi connectivity index (χ0n) is 22.0. The predicted octanol–water partition coefficient (Wildman–Crippen LogP) is -2.36. The number of hydrogen-bond acceptors (Lipinski definition) is 14. The molecule has 0 fully saturated rings. The number of carbonyl (C=O) groups excluding carboxylic acids is 4. The van der Waals surface area contributed by atoms with E-state index in [0.29, 0.717) is 0 Å². The monoisotopic (exact) mass is 535 g/mol. The maximum absolute atomic E-state index is 11.8. The Kier molecular flexibility index (Phi) is 19.6. The summed E-state index contributed by atoms with van der Waals surface area (Å²) in [7, 11) is 0. The van der Waals surface area contributed by atoms with Gasteiger partial charge >= 0.3 is 29.8 Å². The minimum atomic E-state index is -1.14. The first kappa shape index (κ1) is 34.1. The Labute approximate surface area is 216 Å². The van der Waals surface area contributed by atoms with Crippen LogP contribution in [0.1, 0.15) is 27.7 Å². The molecule has 0 saturated carbocycles. The van der Waals surface area contributed by atoms with E-state index >= 15 is 0 Å². The van der Waals surface area contributed by atoms with Crippen LogP contribution in [0.15, 0.2) is 0 Å². The van der Waals surface area contributed by atoms with Gasteiger partial charge in [-0.25, -0.2) is 0 Å². The van der Waals surface area contributed by atoms with Crippen LogP contribution in [0.3, 0.4) is 0 Å². The molecule has 0 aliphatic rings. The van der Waals surface area contributed by atoms with Crippen molar-refractivity contribution < 1.29 is 48.0 Å². The first-order valence-corrected chi connectivity index (χ1v) is 12.1. The van der Waals surface area contributed by atoms with E-state index < -0.39 is 48.7 Å². The van der Waals surface area contributed by atoms with Gasteiger partial charge in [-0.1, -0.05) is 0 Å². The highest BCUT2D eigenvalue weighted by molar-refractivity contribution is 5.73. The Balaban J connectivity index is 5.49. The summed E-state index contributed by atoms with van der Waals surface area (Å²) in [5, 5.41) is 21.0. The van der Waals surface area contributed by atoms with Gasteiger partial charge in [0.05, 0.1) is 71.5 Å². The molecule has 0 aromatic rings. The minimum absolute atomic E-state index is 0.0176. The second-order valence-electron chi connectivity index (χ2n) is 7.44. The van der Waals surface area contributed by atoms with E-state index in [4.69, 9.17) is 18.9 Å². The average Bonchev–Trinajstić information content (AvgIpc) is 2.82. The number of carboxylic acids is 1. The smallest absolute Gasteiger partial charge is 0.319 e. The van der Waals surface area contributed by atoms with Crippen LogP contribution in [-0.2, 0) is 42.9 Å². The zero-order valence-corrected chi connectivity index (χ0v) is 22.0. The standard InChI is InChI=1S/C22H41N5O10/c1-5-34-19(30)9-23-16(24-10-20(31)35-6-2)13-27(15-18(28)29)14-17(25-11-21(32)36-7-3)26-12-22(33)37-8-4/h16-17,23-26H,5-15H2,1-4H3,(H,28,29). The number of aliphatic carboxylic acids is 1. The second kappa shape index (κ2) is 21.3. The molecule has 0 aromatic carbocycles. The van der Waals surface area contributed by atoms with E-state index in [0.717, 1.165) is 0 Å². The van der Waals surface area contributed by atoms with Gasteiger partial charge < -0.3 is 24.1 Å². The van der Waals surface area contributed by atoms with E-state index in [2.05, 4.69) is 21.3 Å². The fraction of sp³-hybridized carbons (Fsp3) is 0.773. The van der Waals surface area contributed by atoms with E-state index in [9.17, 15) is 29.1 Å². The molecule has 15 nitrogen and oxygen atoms in total. The van der Waals surface area contributed by atoms with E-state index in [1.54, 1.807) is 27.7 Å². The first-order chi connectivity index (χ1) is 17.6. The van der Waals surface area contributed by atoms with Gasteiger partial charge in [-0.3, -0.25) is 50.1 Å². The number of nitrogens with zero attached hydrogens (tertiary/aromatic N) is 1. The maximum atomic E-state index is 11.8. The van der Waals surface area contributed by atoms with Gasteiger partial charge in [0.1, 0.15) is 0 Å². The Morgan fingerprint density at radius 1 is 0.595 bits per heavy atom. The van der Waals surface area contributed by atoms with Crippen molar-refractivity contribution in [3.8, 4) is 0 Å². The fourth-order valence-electron chi connectivity index (χ4n) is 2.99. The third kappa shape index (κ3) is 19.0. The van der Waals surface area contributed by atoms with E-state index in [-0.39, 0.29) is 65.7 Å². The molecule has 0 spiro atoms. The first-order valence-electron chi connectivity index (χ1n) is 12.1. The number of hydrogen-bond donors (Lipinski definition) is 5. The number of carboxylic acid groups (broad SMARTS) is 1. The Morgan fingerprint density at radius 2 is 0.865 bits per heavy atom. The molecule has 0 bridgehead atoms. The van der Waals surface area contributed by atoms with Crippen molar-refractivity contribution in [1.29, 1.82) is 0 Å². The van der Waals surface area contributed by atoms with Gasteiger partial charge in [0, 0.05) is 13.1 Å². The lowest BCUT2D eigenvalue weighted by Gasteiger charge is -2.31. The molecule has 214 valence electrons. The molecule has 0 amide bonds. The highest BCUT2D eigenvalue weighted by atomic mass is 16.5. The van der Waals surface area contributed by atoms with Crippen LogP contribution in [0, 0.1) is 0 Å². The van der Waals surface area contributed by atoms with Crippen molar-refractivity contribution in [2.45, 2.75) is 40.0 Å². The molecule has 0 unspecified atom stereocenters. The predicted molar refractivity (Wildman–Crippen MR) is 130 cm³/mol. The Bertz CT molecular complexity index is 615. The van der Waals surface area contributed by atoms with Gasteiger partial charge in [-0.2, -0.15) is 0 Å². The van der Waals surface area contributed by atoms with Gasteiger partial charge in [0.25, 0.3) is 0 Å². The van der Waals surface area contributed by atoms with Gasteiger partial charge in [-0.05, 0) is 27.7 Å². The summed E-state index contributed by atoms with van der Waals surface area (Å²) in [5.74, 6) is -3.25. The molecule has 0 saturated heterocycles. The molecule has 0 aromatic heterocycles. The third-order valence-electron chi connectivity index (χ3n) is 4.43. The molecule has 0 aliphatic carbocycles. The minimum Gasteiger partial charge on any atom is -0.480 e. The highest BCUT2D eigenvalue weighted by Gasteiger charge is 2.23. The number of rotatable bonds is 22. The Morgan fingerprint density at radius 3 is 1.08 bits per heavy atom. The van der Waals surface area contributed by atoms with Crippen LogP contribution in [0.4, 0.5) is 0 Å². The van der Waals surface area contributed by atoms with Crippen LogP contribution in [0.5, 0.6) is 0 Å². The fourth-order valence-corrected chi connectivity index (χ4v) is 2.99. The normalized spacial score (nSPS) is 11.0. The lowest BCUT2D eigenvalue weighted by molar-refractivity contribution is -0.143. The molecule has 15 heteroatoms. The summed E-state index contributed by atoms with van der Waals surface area (Å²) >= 11 is 0. The van der Waals surface area contributed by atoms with Crippen molar-refractivity contribution in [2.24, 2.45) is 0 Å². The van der Waals surface area contributed by atoms with Gasteiger partial charge in [-0.15, -0.1) is 0 Å². The van der Waals surface area contributed by atoms with Gasteiger partial charge in [0.15, 0.2) is 0 Å². The molecule has 5 N–H and O–H groups in total. The summed E-state index contributed by atoms with van der Waals surface area (Å²) in [6.45, 7) is 6.24. The van der Waals surface area contributed by atoms with Crippen LogP contribution < -0.4 is 21.3 Å². The second-order valence-corrected chi connectivity index (χ2v) is 7.44. The van der Waals surface area contributed by atoms with Crippen LogP contribution in [-0.4, -0.2) is 124 Å². The third-order valence-corrected chi connectivity index (χ3v) is 4.43. The summed E-state index contributed by atoms with van der Waals surface area (Å²) in [4.78, 5) is 60.3. The summed E-state index contributed by atoms with van der Waals surface area (Å²) in [6, 6.07) is 0. The molecule has 0 rings (SSSR count). The lowest BCUT2D eigenvalue weighted by atomic mass is 10.3. The average molecular weight is 536 g/mol. The van der Waals surface area contributed by atoms with Crippen LogP contribution >= 0.6 is 0 Å². The van der Waals surface area contributed by atoms with Crippen molar-refractivity contribution in [3.05, 3.63) is 0 Å². The summed E-state index contributed by atoms with van der Waals surface area (Å²) in [6.07, 6.45) is -1.44. The Hall–Kier alpha value is -2.85. The quantitative estimate of drug-likeness (QED) is 0.0561. The van der Waals surface area contributed by atoms with Crippen molar-refractivity contribution in [2.75, 3.05) is 72.2 Å². The molecule has 0 aliphatic heterocycles. The van der Waals surface area contributed by atoms with E-state index in [1.807, 2.05) is 0 Å². The van der Waals surface area contributed by atoms with Gasteiger partial charge in [0.2, 0.25) is 0 Å². The maximum Gasteiger partial charge on any atom is 0.319 e. The zero-order chi connectivity index (χ0) is 28.1. The van der Waals surface area contributed by atoms with Crippen molar-refractivity contribution in [3.63, 3.8) is 0 Å². The largest absolute Gasteiger partial charge is 0.480 e. The summed E-state index contributed by atoms with van der Waals surface area (Å²) in [5.41, 5.74) is 0. The number of carbonyl (C=O) groups is 5. The molecule has 0 radical (unpaired) electrons. The molecular weight excluding hydrogens is 494 g/mol. The molecular formula is C22H41N5O10. The molecule has 0 atom stereocenters. The lowest BCUT2D eigenvalue weighted by Crippen LogP contribution is -2.58. The topological polar surface area (TPSA) is 194 Å². The number of esters is 4. The van der Waals surface area contributed by atoms with Crippen LogP contribution in [0.25, 0.3) is 0 Å². The number of ether oxygens (including phenoxy) is 4. The summed E-state index contributed by atoms with van der Waals surface area (Å²) < 4.78 is 19.6. The van der Waals surface area contributed by atoms with Crippen LogP contribution in [0.2, 0.25) is 0 Å². The van der Waals surface area contributed by atoms with Crippen molar-refractivity contribution in [1.82, 2.24) is 26.2 Å². The molecule has 37 heavy (non-hydrogen) atoms. The highest BCUT2D eigenvalue weighted by Crippen LogP contribution is 1.97. The SMILES string of the molecule is CCOC(=O)CNC(CN(CC(=O)O)CC(NCC(=O)OCC)NCC(=O)OCC)NCC(=O)OCC. The number of nitrogens with one attached hydrogen (secondary N) is 4. The molecule has 0 heterocycles.